The zero-order valence-corrected chi connectivity index (χ0v) is 14.9. The molecule has 0 atom stereocenters. The van der Waals surface area contributed by atoms with E-state index in [9.17, 15) is 10.1 Å². The number of ether oxygens (including phenoxy) is 1. The summed E-state index contributed by atoms with van der Waals surface area (Å²) in [7, 11) is 1.50. The third-order valence-electron chi connectivity index (χ3n) is 3.59. The number of nitro groups is 1. The molecule has 1 heterocycles. The second kappa shape index (κ2) is 7.31. The van der Waals surface area contributed by atoms with Crippen molar-refractivity contribution in [2.75, 3.05) is 7.11 Å². The van der Waals surface area contributed by atoms with E-state index in [0.717, 1.165) is 15.9 Å². The molecule has 7 heteroatoms. The summed E-state index contributed by atoms with van der Waals surface area (Å²) in [4.78, 5) is 14.9. The Morgan fingerprint density at radius 1 is 1.20 bits per heavy atom. The summed E-state index contributed by atoms with van der Waals surface area (Å²) in [5, 5.41) is 11.0. The fourth-order valence-corrected chi connectivity index (χ4v) is 2.63. The molecule has 0 fully saturated rings. The van der Waals surface area contributed by atoms with Gasteiger partial charge in [-0.15, -0.1) is 0 Å². The Morgan fingerprint density at radius 2 is 1.96 bits per heavy atom. The number of rotatable bonds is 5. The topological polar surface area (TPSA) is 69.7 Å². The van der Waals surface area contributed by atoms with E-state index < -0.39 is 4.92 Å². The molecule has 25 heavy (non-hydrogen) atoms. The van der Waals surface area contributed by atoms with Crippen LogP contribution in [0.1, 0.15) is 5.69 Å². The van der Waals surface area contributed by atoms with Crippen LogP contribution in [0.3, 0.4) is 0 Å². The van der Waals surface area contributed by atoms with Crippen molar-refractivity contribution >= 4 is 33.5 Å². The molecule has 0 spiro atoms. The maximum atomic E-state index is 11.0. The zero-order valence-electron chi connectivity index (χ0n) is 13.3. The average Bonchev–Trinajstić information content (AvgIpc) is 3.08. The van der Waals surface area contributed by atoms with E-state index in [1.165, 1.54) is 19.2 Å². The fraction of sp³-hybridized carbons (Fsp3) is 0.0556. The predicted molar refractivity (Wildman–Crippen MR) is 100 cm³/mol. The van der Waals surface area contributed by atoms with Crippen LogP contribution in [0, 0.1) is 10.1 Å². The monoisotopic (exact) mass is 399 g/mol. The third-order valence-corrected chi connectivity index (χ3v) is 4.12. The third kappa shape index (κ3) is 3.77. The van der Waals surface area contributed by atoms with E-state index in [1.807, 2.05) is 47.2 Å². The summed E-state index contributed by atoms with van der Waals surface area (Å²) >= 11 is 3.42. The highest BCUT2D eigenvalue weighted by Crippen LogP contribution is 2.31. The van der Waals surface area contributed by atoms with Crippen molar-refractivity contribution in [1.29, 1.82) is 0 Å². The number of hydrogen-bond acceptors (Lipinski definition) is 4. The van der Waals surface area contributed by atoms with Crippen LogP contribution in [0.5, 0.6) is 5.75 Å². The lowest BCUT2D eigenvalue weighted by Crippen LogP contribution is -1.97. The molecule has 3 aromatic rings. The summed E-state index contributed by atoms with van der Waals surface area (Å²) in [5.41, 5.74) is 2.20. The van der Waals surface area contributed by atoms with Gasteiger partial charge >= 0.3 is 0 Å². The van der Waals surface area contributed by atoms with Crippen LogP contribution in [0.2, 0.25) is 0 Å². The number of methoxy groups -OCH3 is 1. The van der Waals surface area contributed by atoms with Gasteiger partial charge in [0.15, 0.2) is 0 Å². The molecule has 0 bridgehead atoms. The minimum atomic E-state index is -0.455. The van der Waals surface area contributed by atoms with E-state index >= 15 is 0 Å². The number of benzene rings is 2. The molecule has 0 aliphatic heterocycles. The van der Waals surface area contributed by atoms with Crippen LogP contribution < -0.4 is 4.74 Å². The number of halogens is 1. The summed E-state index contributed by atoms with van der Waals surface area (Å²) in [6.45, 7) is 0. The number of hydrogen-bond donors (Lipinski definition) is 0. The Balaban J connectivity index is 1.96. The van der Waals surface area contributed by atoms with Crippen molar-refractivity contribution in [3.8, 4) is 11.4 Å². The van der Waals surface area contributed by atoms with Crippen LogP contribution >= 0.6 is 15.9 Å². The maximum absolute atomic E-state index is 11.0. The summed E-state index contributed by atoms with van der Waals surface area (Å²) < 4.78 is 8.20. The van der Waals surface area contributed by atoms with Gasteiger partial charge in [0.05, 0.1) is 23.9 Å². The Morgan fingerprint density at radius 3 is 2.64 bits per heavy atom. The van der Waals surface area contributed by atoms with Gasteiger partial charge in [-0.3, -0.25) is 15.1 Å². The Hall–Kier alpha value is -2.93. The molecule has 0 aliphatic carbocycles. The summed E-state index contributed by atoms with van der Waals surface area (Å²) in [6.07, 6.45) is 3.58. The molecule has 0 radical (unpaired) electrons. The van der Waals surface area contributed by atoms with Gasteiger partial charge in [0, 0.05) is 28.5 Å². The van der Waals surface area contributed by atoms with Gasteiger partial charge in [0.2, 0.25) is 0 Å². The molecule has 0 saturated heterocycles. The Labute approximate surface area is 152 Å². The quantitative estimate of drug-likeness (QED) is 0.347. The first-order chi connectivity index (χ1) is 12.1. The van der Waals surface area contributed by atoms with Gasteiger partial charge in [0.25, 0.3) is 5.69 Å². The molecular weight excluding hydrogens is 386 g/mol. The average molecular weight is 400 g/mol. The van der Waals surface area contributed by atoms with E-state index in [-0.39, 0.29) is 5.69 Å². The molecule has 6 nitrogen and oxygen atoms in total. The van der Waals surface area contributed by atoms with Crippen LogP contribution in [0.25, 0.3) is 5.69 Å². The van der Waals surface area contributed by atoms with Crippen molar-refractivity contribution in [1.82, 2.24) is 4.57 Å². The van der Waals surface area contributed by atoms with Crippen LogP contribution in [0.15, 0.2) is 70.3 Å². The number of non-ortho nitro benzene ring substituents is 1. The highest BCUT2D eigenvalue weighted by Gasteiger charge is 2.10. The summed E-state index contributed by atoms with van der Waals surface area (Å²) in [6, 6.07) is 16.0. The number of aromatic nitrogens is 1. The smallest absolute Gasteiger partial charge is 0.271 e. The van der Waals surface area contributed by atoms with Gasteiger partial charge in [-0.1, -0.05) is 15.9 Å². The van der Waals surface area contributed by atoms with E-state index in [1.54, 1.807) is 12.3 Å². The molecule has 0 saturated carbocycles. The van der Waals surface area contributed by atoms with Crippen molar-refractivity contribution in [2.45, 2.75) is 0 Å². The van der Waals surface area contributed by atoms with Crippen molar-refractivity contribution < 1.29 is 9.66 Å². The highest BCUT2D eigenvalue weighted by molar-refractivity contribution is 9.10. The Bertz CT molecular complexity index is 933. The predicted octanol–water partition coefficient (Wildman–Crippen LogP) is 4.91. The first kappa shape index (κ1) is 16.9. The van der Waals surface area contributed by atoms with Crippen molar-refractivity contribution in [2.24, 2.45) is 4.99 Å². The lowest BCUT2D eigenvalue weighted by molar-refractivity contribution is -0.384. The SMILES string of the molecule is COc1ccc([N+](=O)[O-])cc1N=Cc1cccn1-c1ccc(Br)cc1. The van der Waals surface area contributed by atoms with Crippen LogP contribution in [-0.4, -0.2) is 22.8 Å². The first-order valence-corrected chi connectivity index (χ1v) is 8.17. The maximum Gasteiger partial charge on any atom is 0.271 e. The van der Waals surface area contributed by atoms with Crippen LogP contribution in [0.4, 0.5) is 11.4 Å². The minimum absolute atomic E-state index is 0.0313. The molecule has 3 rings (SSSR count). The first-order valence-electron chi connectivity index (χ1n) is 7.38. The molecule has 0 unspecified atom stereocenters. The van der Waals surface area contributed by atoms with Gasteiger partial charge in [-0.2, -0.15) is 0 Å². The molecule has 0 N–H and O–H groups in total. The van der Waals surface area contributed by atoms with Gasteiger partial charge in [-0.25, -0.2) is 0 Å². The van der Waals surface area contributed by atoms with Gasteiger partial charge in [0.1, 0.15) is 11.4 Å². The largest absolute Gasteiger partial charge is 0.494 e. The van der Waals surface area contributed by atoms with Crippen molar-refractivity contribution in [3.63, 3.8) is 0 Å². The molecule has 0 aliphatic rings. The van der Waals surface area contributed by atoms with Gasteiger partial charge in [-0.05, 0) is 42.5 Å². The standard InChI is InChI=1S/C18H14BrN3O3/c1-25-18-9-8-15(22(23)24)11-17(18)20-12-16-3-2-10-21(16)14-6-4-13(19)5-7-14/h2-12H,1H3. The molecule has 0 amide bonds. The minimum Gasteiger partial charge on any atom is -0.494 e. The second-order valence-corrected chi connectivity index (χ2v) is 6.07. The van der Waals surface area contributed by atoms with E-state index in [2.05, 4.69) is 20.9 Å². The number of aliphatic imine (C=N–C) groups is 1. The van der Waals surface area contributed by atoms with E-state index in [0.29, 0.717) is 11.4 Å². The molecule has 1 aromatic heterocycles. The van der Waals surface area contributed by atoms with Crippen molar-refractivity contribution in [3.05, 3.63) is 81.1 Å². The zero-order chi connectivity index (χ0) is 17.8. The summed E-state index contributed by atoms with van der Waals surface area (Å²) in [5.74, 6) is 0.476. The number of nitrogens with zero attached hydrogens (tertiary/aromatic N) is 3. The lowest BCUT2D eigenvalue weighted by atomic mass is 10.2. The second-order valence-electron chi connectivity index (χ2n) is 5.15. The van der Waals surface area contributed by atoms with Gasteiger partial charge < -0.3 is 9.30 Å². The van der Waals surface area contributed by atoms with Crippen LogP contribution in [-0.2, 0) is 0 Å². The highest BCUT2D eigenvalue weighted by atomic mass is 79.9. The fourth-order valence-electron chi connectivity index (χ4n) is 2.36. The Kier molecular flexibility index (Phi) is 4.95. The molecular formula is C18H14BrN3O3. The number of nitro benzene ring substituents is 1. The molecule has 2 aromatic carbocycles. The van der Waals surface area contributed by atoms with E-state index in [4.69, 9.17) is 4.74 Å². The molecule has 126 valence electrons. The lowest BCUT2D eigenvalue weighted by Gasteiger charge is -2.07. The normalized spacial score (nSPS) is 11.0.